The smallest absolute Gasteiger partial charge is 0.0542 e. The Morgan fingerprint density at radius 3 is 0.800 bits per heavy atom. The van der Waals surface area contributed by atoms with Crippen molar-refractivity contribution in [3.63, 3.8) is 0 Å². The zero-order valence-corrected chi connectivity index (χ0v) is 54.0. The van der Waals surface area contributed by atoms with Crippen LogP contribution >= 0.6 is 45.3 Å². The van der Waals surface area contributed by atoms with Crippen LogP contribution in [0.5, 0.6) is 0 Å². The zero-order chi connectivity index (χ0) is 55.1. The van der Waals surface area contributed by atoms with Gasteiger partial charge < -0.3 is 9.47 Å². The molecule has 0 atom stereocenters. The molecule has 0 saturated heterocycles. The van der Waals surface area contributed by atoms with E-state index >= 15 is 0 Å². The predicted octanol–water partition coefficient (Wildman–Crippen LogP) is 26.8. The third-order valence-corrected chi connectivity index (χ3v) is 22.7. The van der Waals surface area contributed by atoms with Crippen LogP contribution in [0.2, 0.25) is 0 Å². The van der Waals surface area contributed by atoms with E-state index in [1.54, 1.807) is 0 Å². The van der Waals surface area contributed by atoms with Crippen LogP contribution in [0, 0.1) is 0 Å². The van der Waals surface area contributed by atoms with Gasteiger partial charge in [-0.05, 0) is 122 Å². The van der Waals surface area contributed by atoms with Crippen LogP contribution in [-0.4, -0.2) is 26.4 Å². The number of aryl methyl sites for hydroxylation is 2. The summed E-state index contributed by atoms with van der Waals surface area (Å²) in [5.41, 5.74) is 3.03. The summed E-state index contributed by atoms with van der Waals surface area (Å²) in [6.45, 7) is 8.49. The van der Waals surface area contributed by atoms with E-state index in [0.717, 1.165) is 26.4 Å². The van der Waals surface area contributed by atoms with Gasteiger partial charge in [-0.25, -0.2) is 0 Å². The van der Waals surface area contributed by atoms with Crippen molar-refractivity contribution in [3.05, 3.63) is 71.8 Å². The predicted molar refractivity (Wildman–Crippen MR) is 366 cm³/mol. The summed E-state index contributed by atoms with van der Waals surface area (Å²) < 4.78 is 23.6. The maximum atomic E-state index is 5.94. The Labute approximate surface area is 503 Å². The standard InChI is InChI=1S/C74H108O2S4/c1-3-5-7-9-11-13-21-27-33-39-49-75-51-41-35-29-23-17-15-19-25-31-37-43-59-45-47-67-63(53-59)71-73(77-67)65-55-61-58-70-66(56-62(61)57-69(65)79-71)74-72(80-70)64-54-60(46-48-68(64)78-74)44-38-32-26-20-16-18-24-30-36-42-52-76-50-40-34-28-22-14-12-10-8-6-4-2/h45-48,53-58H,3-44,49-52H2,1-2H3. The summed E-state index contributed by atoms with van der Waals surface area (Å²) in [5.74, 6) is 0. The van der Waals surface area contributed by atoms with Crippen molar-refractivity contribution in [2.45, 2.75) is 284 Å². The Morgan fingerprint density at radius 2 is 0.500 bits per heavy atom. The minimum Gasteiger partial charge on any atom is -0.381 e. The zero-order valence-electron chi connectivity index (χ0n) is 50.7. The lowest BCUT2D eigenvalue weighted by Gasteiger charge is -2.05. The molecule has 4 aromatic carbocycles. The van der Waals surface area contributed by atoms with Gasteiger partial charge in [0.15, 0.2) is 0 Å². The van der Waals surface area contributed by atoms with Crippen molar-refractivity contribution in [3.8, 4) is 0 Å². The molecule has 0 aliphatic carbocycles. The highest BCUT2D eigenvalue weighted by Gasteiger charge is 2.17. The van der Waals surface area contributed by atoms with Crippen molar-refractivity contribution in [2.75, 3.05) is 26.4 Å². The van der Waals surface area contributed by atoms with E-state index in [2.05, 4.69) is 74.5 Å². The monoisotopic (exact) mass is 1160 g/mol. The number of rotatable bonds is 48. The number of ether oxygens (including phenoxy) is 2. The van der Waals surface area contributed by atoms with E-state index in [0.29, 0.717) is 0 Å². The van der Waals surface area contributed by atoms with E-state index in [1.165, 1.54) is 351 Å². The summed E-state index contributed by atoms with van der Waals surface area (Å²) in [4.78, 5) is 0. The normalized spacial score (nSPS) is 12.3. The largest absolute Gasteiger partial charge is 0.381 e. The van der Waals surface area contributed by atoms with Gasteiger partial charge in [0.2, 0.25) is 0 Å². The lowest BCUT2D eigenvalue weighted by Crippen LogP contribution is -1.97. The van der Waals surface area contributed by atoms with Crippen LogP contribution in [0.4, 0.5) is 0 Å². The summed E-state index contributed by atoms with van der Waals surface area (Å²) in [7, 11) is 0. The molecule has 440 valence electrons. The molecular weight excluding hydrogens is 1050 g/mol. The fourth-order valence-electron chi connectivity index (χ4n) is 12.6. The lowest BCUT2D eigenvalue weighted by molar-refractivity contribution is 0.125. The number of hydrogen-bond acceptors (Lipinski definition) is 6. The molecule has 0 bridgehead atoms. The Bertz CT molecular complexity index is 2730. The van der Waals surface area contributed by atoms with Crippen molar-refractivity contribution < 1.29 is 9.47 Å². The van der Waals surface area contributed by atoms with E-state index < -0.39 is 0 Å². The third-order valence-electron chi connectivity index (χ3n) is 17.7. The van der Waals surface area contributed by atoms with Gasteiger partial charge in [-0.3, -0.25) is 0 Å². The first kappa shape index (κ1) is 63.4. The van der Waals surface area contributed by atoms with Crippen LogP contribution in [0.3, 0.4) is 0 Å². The second kappa shape index (κ2) is 37.7. The fraction of sp³-hybridized carbons (Fsp3) is 0.649. The molecule has 0 aliphatic rings. The Balaban J connectivity index is 0.682. The molecular formula is C74H108O2S4. The van der Waals surface area contributed by atoms with Gasteiger partial charge in [0.1, 0.15) is 0 Å². The number of thiophene rings is 4. The molecule has 8 rings (SSSR count). The molecule has 6 heteroatoms. The molecule has 8 aromatic rings. The number of hydrogen-bond donors (Lipinski definition) is 0. The molecule has 2 nitrogen and oxygen atoms in total. The molecule has 0 amide bonds. The van der Waals surface area contributed by atoms with Crippen LogP contribution in [0.15, 0.2) is 60.7 Å². The van der Waals surface area contributed by atoms with Crippen molar-refractivity contribution >= 4 is 115 Å². The maximum absolute atomic E-state index is 5.94. The highest BCUT2D eigenvalue weighted by Crippen LogP contribution is 2.49. The van der Waals surface area contributed by atoms with Gasteiger partial charge >= 0.3 is 0 Å². The van der Waals surface area contributed by atoms with Crippen molar-refractivity contribution in [2.24, 2.45) is 0 Å². The molecule has 80 heavy (non-hydrogen) atoms. The minimum atomic E-state index is 0.970. The highest BCUT2D eigenvalue weighted by atomic mass is 32.1. The molecule has 4 heterocycles. The number of benzene rings is 4. The Morgan fingerprint density at radius 1 is 0.250 bits per heavy atom. The van der Waals surface area contributed by atoms with Crippen molar-refractivity contribution in [1.29, 1.82) is 0 Å². The molecule has 0 radical (unpaired) electrons. The topological polar surface area (TPSA) is 18.5 Å². The summed E-state index contributed by atoms with van der Waals surface area (Å²) in [6.07, 6.45) is 57.5. The summed E-state index contributed by atoms with van der Waals surface area (Å²) in [6, 6.07) is 24.7. The second-order valence-corrected chi connectivity index (χ2v) is 28.8. The molecule has 0 saturated carbocycles. The molecule has 0 unspecified atom stereocenters. The molecule has 0 spiro atoms. The quantitative estimate of drug-likeness (QED) is 0.0354. The molecule has 0 aliphatic heterocycles. The number of unbranched alkanes of at least 4 members (excludes halogenated alkanes) is 36. The van der Waals surface area contributed by atoms with Gasteiger partial charge in [-0.1, -0.05) is 244 Å². The maximum Gasteiger partial charge on any atom is 0.0542 e. The van der Waals surface area contributed by atoms with Crippen molar-refractivity contribution in [1.82, 2.24) is 0 Å². The summed E-state index contributed by atoms with van der Waals surface area (Å²) in [5, 5.41) is 8.60. The Kier molecular flexibility index (Phi) is 29.9. The van der Waals surface area contributed by atoms with E-state index in [9.17, 15) is 0 Å². The van der Waals surface area contributed by atoms with Gasteiger partial charge in [-0.15, -0.1) is 45.3 Å². The molecule has 0 fully saturated rings. The Hall–Kier alpha value is -2.58. The van der Waals surface area contributed by atoms with E-state index in [1.807, 2.05) is 45.3 Å². The van der Waals surface area contributed by atoms with Crippen LogP contribution < -0.4 is 0 Å². The highest BCUT2D eigenvalue weighted by molar-refractivity contribution is 7.37. The molecule has 4 aromatic heterocycles. The van der Waals surface area contributed by atoms with Crippen LogP contribution in [-0.2, 0) is 22.3 Å². The second-order valence-electron chi connectivity index (χ2n) is 24.6. The molecule has 0 N–H and O–H groups in total. The average Bonchev–Trinajstić information content (AvgIpc) is 4.33. The summed E-state index contributed by atoms with van der Waals surface area (Å²) >= 11 is 8.04. The van der Waals surface area contributed by atoms with Gasteiger partial charge in [-0.2, -0.15) is 0 Å². The lowest BCUT2D eigenvalue weighted by atomic mass is 10.0. The fourth-order valence-corrected chi connectivity index (χ4v) is 17.9. The van der Waals surface area contributed by atoms with Gasteiger partial charge in [0.25, 0.3) is 0 Å². The van der Waals surface area contributed by atoms with Crippen LogP contribution in [0.1, 0.15) is 282 Å². The SMILES string of the molecule is CCCCCCCCCCCCOCCCCCCCCCCCCc1ccc2sc3c4cc5cc6sc7c8cc(CCCCCCCCCCCCOCCCCCCCCCCCC)ccc8sc7c6cc5cc4sc3c2c1. The van der Waals surface area contributed by atoms with E-state index in [-0.39, 0.29) is 0 Å². The van der Waals surface area contributed by atoms with Gasteiger partial charge in [0.05, 0.1) is 18.8 Å². The first-order valence-electron chi connectivity index (χ1n) is 33.9. The number of fused-ring (bicyclic) bond motifs is 11. The first-order valence-corrected chi connectivity index (χ1v) is 37.2. The minimum absolute atomic E-state index is 0.970. The van der Waals surface area contributed by atoms with Crippen LogP contribution in [0.25, 0.3) is 69.9 Å². The average molecular weight is 1160 g/mol. The first-order chi connectivity index (χ1) is 39.7. The third kappa shape index (κ3) is 20.9. The van der Waals surface area contributed by atoms with E-state index in [4.69, 9.17) is 9.47 Å². The van der Waals surface area contributed by atoms with Gasteiger partial charge in [0, 0.05) is 66.8 Å².